The Morgan fingerprint density at radius 2 is 1.46 bits per heavy atom. The normalized spacial score (nSPS) is 24.6. The lowest BCUT2D eigenvalue weighted by molar-refractivity contribution is -0.161. The molecule has 2 atom stereocenters. The average molecular weight is 511 g/mol. The number of benzene rings is 1. The number of aryl methyl sites for hydroxylation is 1. The van der Waals surface area contributed by atoms with Crippen molar-refractivity contribution >= 4 is 0 Å². The largest absolute Gasteiger partial charge is 0.462 e. The highest BCUT2D eigenvalue weighted by Gasteiger charge is 2.41. The minimum atomic E-state index is -0.563. The molecule has 2 unspecified atom stereocenters. The van der Waals surface area contributed by atoms with Gasteiger partial charge in [0, 0.05) is 51.4 Å². The molecule has 3 aliphatic carbocycles. The maximum absolute atomic E-state index is 6.98. The highest BCUT2D eigenvalue weighted by Crippen LogP contribution is 2.50. The van der Waals surface area contributed by atoms with E-state index in [1.807, 2.05) is 0 Å². The first kappa shape index (κ1) is 28.2. The molecule has 4 nitrogen and oxygen atoms in total. The van der Waals surface area contributed by atoms with Crippen molar-refractivity contribution in [1.29, 1.82) is 0 Å². The Hall–Kier alpha value is -1.78. The van der Waals surface area contributed by atoms with E-state index in [1.54, 1.807) is 14.2 Å². The van der Waals surface area contributed by atoms with Crippen LogP contribution in [0, 0.1) is 5.92 Å². The van der Waals surface area contributed by atoms with Crippen LogP contribution in [0.1, 0.15) is 121 Å². The molecule has 0 aliphatic heterocycles. The Bertz CT molecular complexity index is 902. The van der Waals surface area contributed by atoms with E-state index in [2.05, 4.69) is 45.6 Å². The van der Waals surface area contributed by atoms with Gasteiger partial charge in [0.1, 0.15) is 11.5 Å². The Morgan fingerprint density at radius 1 is 0.919 bits per heavy atom. The molecule has 0 aromatic heterocycles. The Labute approximate surface area is 225 Å². The van der Waals surface area contributed by atoms with E-state index in [0.29, 0.717) is 5.92 Å². The van der Waals surface area contributed by atoms with Crippen molar-refractivity contribution in [2.45, 2.75) is 128 Å². The number of hydrogen-bond acceptors (Lipinski definition) is 4. The molecule has 0 radical (unpaired) electrons. The molecular formula is C33H50O4. The number of methoxy groups -OCH3 is 2. The molecule has 1 aromatic rings. The van der Waals surface area contributed by atoms with Gasteiger partial charge in [-0.25, -0.2) is 0 Å². The number of allylic oxidation sites excluding steroid dienone is 3. The van der Waals surface area contributed by atoms with Gasteiger partial charge in [0.2, 0.25) is 11.6 Å². The van der Waals surface area contributed by atoms with Crippen LogP contribution in [0.25, 0.3) is 0 Å². The zero-order valence-electron chi connectivity index (χ0n) is 24.1. The molecule has 2 fully saturated rings. The summed E-state index contributed by atoms with van der Waals surface area (Å²) in [6.07, 6.45) is 17.5. The van der Waals surface area contributed by atoms with Gasteiger partial charge in [-0.2, -0.15) is 0 Å². The van der Waals surface area contributed by atoms with Gasteiger partial charge in [-0.15, -0.1) is 0 Å². The smallest absolute Gasteiger partial charge is 0.210 e. The van der Waals surface area contributed by atoms with Gasteiger partial charge < -0.3 is 18.9 Å². The molecule has 206 valence electrons. The third-order valence-corrected chi connectivity index (χ3v) is 9.01. The number of hydrogen-bond donors (Lipinski definition) is 0. The zero-order valence-corrected chi connectivity index (χ0v) is 24.1. The van der Waals surface area contributed by atoms with E-state index in [4.69, 9.17) is 18.9 Å². The zero-order chi connectivity index (χ0) is 26.5. The monoisotopic (exact) mass is 510 g/mol. The second-order valence-electron chi connectivity index (χ2n) is 11.8. The van der Waals surface area contributed by atoms with Gasteiger partial charge in [-0.3, -0.25) is 0 Å². The lowest BCUT2D eigenvalue weighted by Crippen LogP contribution is -2.37. The molecular weight excluding hydrogens is 460 g/mol. The standard InChI is InChI=1S/C33H50O4/c1-7-8-9-14-26-22-29(36-32(34-5)17-10-11-18-32)31(28-21-25(4)15-16-27(28)24(2)3)30(23-26)37-33(35-6)19-12-13-20-33/h21-23,27-28H,2,7-20H2,1,3-6H3. The molecule has 4 heteroatoms. The van der Waals surface area contributed by atoms with Crippen molar-refractivity contribution in [2.24, 2.45) is 5.92 Å². The summed E-state index contributed by atoms with van der Waals surface area (Å²) in [6, 6.07) is 4.58. The van der Waals surface area contributed by atoms with Crippen LogP contribution < -0.4 is 9.47 Å². The molecule has 0 amide bonds. The Balaban J connectivity index is 1.87. The topological polar surface area (TPSA) is 36.9 Å². The lowest BCUT2D eigenvalue weighted by Gasteiger charge is -2.37. The maximum atomic E-state index is 6.98. The lowest BCUT2D eigenvalue weighted by atomic mass is 9.73. The predicted molar refractivity (Wildman–Crippen MR) is 151 cm³/mol. The van der Waals surface area contributed by atoms with E-state index in [-0.39, 0.29) is 5.92 Å². The highest BCUT2D eigenvalue weighted by molar-refractivity contribution is 5.54. The fourth-order valence-corrected chi connectivity index (χ4v) is 6.71. The van der Waals surface area contributed by atoms with E-state index in [9.17, 15) is 0 Å². The summed E-state index contributed by atoms with van der Waals surface area (Å²) in [5, 5.41) is 0. The molecule has 3 aliphatic rings. The van der Waals surface area contributed by atoms with Crippen LogP contribution in [0.3, 0.4) is 0 Å². The average Bonchev–Trinajstić information content (AvgIpc) is 3.54. The molecule has 0 saturated heterocycles. The molecule has 37 heavy (non-hydrogen) atoms. The molecule has 0 bridgehead atoms. The SMILES string of the molecule is C=C(C)C1CCC(C)=CC1c1c(OC2(OC)CCCC2)cc(CCCCC)cc1OC1(OC)CCCC1. The molecule has 2 saturated carbocycles. The molecule has 0 N–H and O–H groups in total. The second-order valence-corrected chi connectivity index (χ2v) is 11.8. The Kier molecular flexibility index (Phi) is 9.45. The summed E-state index contributed by atoms with van der Waals surface area (Å²) in [4.78, 5) is 0. The molecule has 0 heterocycles. The highest BCUT2D eigenvalue weighted by atomic mass is 16.7. The van der Waals surface area contributed by atoms with Crippen LogP contribution in [-0.4, -0.2) is 25.8 Å². The first-order valence-corrected chi connectivity index (χ1v) is 14.8. The van der Waals surface area contributed by atoms with Crippen molar-refractivity contribution in [2.75, 3.05) is 14.2 Å². The van der Waals surface area contributed by atoms with Crippen molar-refractivity contribution < 1.29 is 18.9 Å². The van der Waals surface area contributed by atoms with E-state index < -0.39 is 11.6 Å². The van der Waals surface area contributed by atoms with Crippen molar-refractivity contribution in [3.05, 3.63) is 47.1 Å². The van der Waals surface area contributed by atoms with Crippen LogP contribution in [0.2, 0.25) is 0 Å². The summed E-state index contributed by atoms with van der Waals surface area (Å²) >= 11 is 0. The first-order chi connectivity index (χ1) is 17.8. The van der Waals surface area contributed by atoms with E-state index in [0.717, 1.165) is 94.1 Å². The van der Waals surface area contributed by atoms with Gasteiger partial charge in [-0.05, 0) is 88.8 Å². The molecule has 0 spiro atoms. The first-order valence-electron chi connectivity index (χ1n) is 14.8. The van der Waals surface area contributed by atoms with Crippen LogP contribution in [-0.2, 0) is 15.9 Å². The van der Waals surface area contributed by atoms with Gasteiger partial charge in [0.15, 0.2) is 0 Å². The Morgan fingerprint density at radius 3 is 1.92 bits per heavy atom. The van der Waals surface area contributed by atoms with Crippen molar-refractivity contribution in [1.82, 2.24) is 0 Å². The fraction of sp³-hybridized carbons (Fsp3) is 0.697. The van der Waals surface area contributed by atoms with Crippen LogP contribution >= 0.6 is 0 Å². The summed E-state index contributed by atoms with van der Waals surface area (Å²) in [5.74, 6) is 1.24. The van der Waals surface area contributed by atoms with Gasteiger partial charge in [0.05, 0.1) is 0 Å². The second kappa shape index (κ2) is 12.4. The van der Waals surface area contributed by atoms with Gasteiger partial charge in [0.25, 0.3) is 0 Å². The van der Waals surface area contributed by atoms with Crippen molar-refractivity contribution in [3.8, 4) is 11.5 Å². The van der Waals surface area contributed by atoms with Crippen LogP contribution in [0.15, 0.2) is 35.9 Å². The molecule has 4 rings (SSSR count). The minimum Gasteiger partial charge on any atom is -0.462 e. The van der Waals surface area contributed by atoms with E-state index in [1.165, 1.54) is 29.6 Å². The summed E-state index contributed by atoms with van der Waals surface area (Å²) in [7, 11) is 3.60. The number of rotatable bonds is 12. The molecule has 1 aromatic carbocycles. The minimum absolute atomic E-state index is 0.159. The summed E-state index contributed by atoms with van der Waals surface area (Å²) < 4.78 is 26.1. The third kappa shape index (κ3) is 6.45. The van der Waals surface area contributed by atoms with Crippen LogP contribution in [0.4, 0.5) is 0 Å². The van der Waals surface area contributed by atoms with Crippen molar-refractivity contribution in [3.63, 3.8) is 0 Å². The van der Waals surface area contributed by atoms with E-state index >= 15 is 0 Å². The quantitative estimate of drug-likeness (QED) is 0.160. The fourth-order valence-electron chi connectivity index (χ4n) is 6.71. The predicted octanol–water partition coefficient (Wildman–Crippen LogP) is 9.03. The summed E-state index contributed by atoms with van der Waals surface area (Å²) in [6.45, 7) is 11.1. The van der Waals surface area contributed by atoms with Crippen LogP contribution in [0.5, 0.6) is 11.5 Å². The number of ether oxygens (including phenoxy) is 4. The van der Waals surface area contributed by atoms with Gasteiger partial charge in [-0.1, -0.05) is 43.6 Å². The summed E-state index contributed by atoms with van der Waals surface area (Å²) in [5.41, 5.74) is 5.08. The maximum Gasteiger partial charge on any atom is 0.210 e. The van der Waals surface area contributed by atoms with Gasteiger partial charge >= 0.3 is 0 Å². The number of unbranched alkanes of at least 4 members (excludes halogenated alkanes) is 2. The third-order valence-electron chi connectivity index (χ3n) is 9.01.